The molecule has 2 amide bonds. The van der Waals surface area contributed by atoms with Crippen LogP contribution in [0.5, 0.6) is 11.5 Å². The Hall–Kier alpha value is -3.09. The fourth-order valence-corrected chi connectivity index (χ4v) is 4.58. The number of benzene rings is 2. The normalized spacial score (nSPS) is 14.7. The third-order valence-electron chi connectivity index (χ3n) is 6.62. The molecule has 0 radical (unpaired) electrons. The molecule has 36 heavy (non-hydrogen) atoms. The Bertz CT molecular complexity index is 989. The van der Waals surface area contributed by atoms with Gasteiger partial charge >= 0.3 is 0 Å². The first-order valence-corrected chi connectivity index (χ1v) is 13.1. The number of halogens is 1. The Morgan fingerprint density at radius 1 is 0.972 bits per heavy atom. The summed E-state index contributed by atoms with van der Waals surface area (Å²) in [7, 11) is 0. The molecule has 0 aromatic heterocycles. The standard InChI is InChI=1S/C29H39FN2O4/c1-4-35-26-17-13-22(19-27(26)36-5-2)14-18-28(33)32(20-23-11-15-24(30)16-12-23)21(3)29(34)31-25-9-7-6-8-10-25/h11-13,15-17,19,21,25H,4-10,14,18,20H2,1-3H3,(H,31,34). The average Bonchev–Trinajstić information content (AvgIpc) is 2.88. The number of ether oxygens (including phenoxy) is 2. The lowest BCUT2D eigenvalue weighted by molar-refractivity contribution is -0.141. The molecule has 196 valence electrons. The summed E-state index contributed by atoms with van der Waals surface area (Å²) in [5.74, 6) is 0.739. The van der Waals surface area contributed by atoms with Gasteiger partial charge in [-0.15, -0.1) is 0 Å². The van der Waals surface area contributed by atoms with Gasteiger partial charge in [-0.05, 0) is 75.4 Å². The van der Waals surface area contributed by atoms with Crippen LogP contribution in [0.15, 0.2) is 42.5 Å². The van der Waals surface area contributed by atoms with Crippen molar-refractivity contribution in [2.24, 2.45) is 0 Å². The molecule has 1 fully saturated rings. The van der Waals surface area contributed by atoms with Crippen LogP contribution in [0.25, 0.3) is 0 Å². The quantitative estimate of drug-likeness (QED) is 0.424. The summed E-state index contributed by atoms with van der Waals surface area (Å²) in [6.45, 7) is 6.90. The maximum absolute atomic E-state index is 13.4. The molecule has 1 aliphatic carbocycles. The highest BCUT2D eigenvalue weighted by Gasteiger charge is 2.28. The molecule has 1 atom stereocenters. The lowest BCUT2D eigenvalue weighted by Crippen LogP contribution is -2.50. The summed E-state index contributed by atoms with van der Waals surface area (Å²) in [6, 6.07) is 11.3. The van der Waals surface area contributed by atoms with Crippen molar-refractivity contribution in [3.05, 3.63) is 59.4 Å². The number of amides is 2. The molecule has 1 aliphatic rings. The van der Waals surface area contributed by atoms with Gasteiger partial charge in [0.05, 0.1) is 13.2 Å². The molecule has 1 N–H and O–H groups in total. The zero-order valence-corrected chi connectivity index (χ0v) is 21.7. The van der Waals surface area contributed by atoms with Crippen LogP contribution in [0.1, 0.15) is 70.4 Å². The topological polar surface area (TPSA) is 67.9 Å². The molecule has 1 unspecified atom stereocenters. The Kier molecular flexibility index (Phi) is 10.6. The van der Waals surface area contributed by atoms with Crippen LogP contribution in [0, 0.1) is 5.82 Å². The van der Waals surface area contributed by atoms with E-state index in [1.54, 1.807) is 24.0 Å². The number of carbonyl (C=O) groups is 2. The van der Waals surface area contributed by atoms with Gasteiger partial charge < -0.3 is 19.7 Å². The van der Waals surface area contributed by atoms with Crippen molar-refractivity contribution >= 4 is 11.8 Å². The first kappa shape index (κ1) is 27.5. The second kappa shape index (κ2) is 13.9. The van der Waals surface area contributed by atoms with Gasteiger partial charge in [0.15, 0.2) is 11.5 Å². The van der Waals surface area contributed by atoms with Gasteiger partial charge in [-0.1, -0.05) is 37.5 Å². The van der Waals surface area contributed by atoms with E-state index < -0.39 is 6.04 Å². The molecule has 0 bridgehead atoms. The third-order valence-corrected chi connectivity index (χ3v) is 6.62. The summed E-state index contributed by atoms with van der Waals surface area (Å²) >= 11 is 0. The fraction of sp³-hybridized carbons (Fsp3) is 0.517. The molecular weight excluding hydrogens is 459 g/mol. The number of nitrogens with zero attached hydrogens (tertiary/aromatic N) is 1. The number of aryl methyl sites for hydroxylation is 1. The molecule has 1 saturated carbocycles. The Morgan fingerprint density at radius 3 is 2.28 bits per heavy atom. The van der Waals surface area contributed by atoms with Crippen LogP contribution in [0.2, 0.25) is 0 Å². The first-order chi connectivity index (χ1) is 17.4. The number of nitrogens with one attached hydrogen (secondary N) is 1. The van der Waals surface area contributed by atoms with Crippen LogP contribution in [0.3, 0.4) is 0 Å². The van der Waals surface area contributed by atoms with E-state index in [1.165, 1.54) is 18.6 Å². The maximum atomic E-state index is 13.4. The monoisotopic (exact) mass is 498 g/mol. The summed E-state index contributed by atoms with van der Waals surface area (Å²) in [5, 5.41) is 3.14. The van der Waals surface area contributed by atoms with Gasteiger partial charge in [-0.3, -0.25) is 9.59 Å². The van der Waals surface area contributed by atoms with Crippen molar-refractivity contribution in [3.63, 3.8) is 0 Å². The van der Waals surface area contributed by atoms with E-state index in [0.29, 0.717) is 31.1 Å². The second-order valence-electron chi connectivity index (χ2n) is 9.31. The zero-order chi connectivity index (χ0) is 25.9. The summed E-state index contributed by atoms with van der Waals surface area (Å²) in [6.07, 6.45) is 6.12. The van der Waals surface area contributed by atoms with Crippen molar-refractivity contribution in [2.75, 3.05) is 13.2 Å². The third kappa shape index (κ3) is 7.97. The van der Waals surface area contributed by atoms with Crippen LogP contribution in [-0.4, -0.2) is 42.0 Å². The number of rotatable bonds is 12. The summed E-state index contributed by atoms with van der Waals surface area (Å²) in [5.41, 5.74) is 1.73. The highest BCUT2D eigenvalue weighted by Crippen LogP contribution is 2.29. The summed E-state index contributed by atoms with van der Waals surface area (Å²) in [4.78, 5) is 28.1. The van der Waals surface area contributed by atoms with E-state index in [4.69, 9.17) is 9.47 Å². The predicted molar refractivity (Wildman–Crippen MR) is 139 cm³/mol. The summed E-state index contributed by atoms with van der Waals surface area (Å²) < 4.78 is 24.8. The second-order valence-corrected chi connectivity index (χ2v) is 9.31. The molecule has 0 aliphatic heterocycles. The van der Waals surface area contributed by atoms with E-state index >= 15 is 0 Å². The van der Waals surface area contributed by atoms with E-state index in [1.807, 2.05) is 32.0 Å². The lowest BCUT2D eigenvalue weighted by Gasteiger charge is -2.31. The minimum absolute atomic E-state index is 0.127. The zero-order valence-electron chi connectivity index (χ0n) is 21.7. The fourth-order valence-electron chi connectivity index (χ4n) is 4.58. The molecule has 0 heterocycles. The van der Waals surface area contributed by atoms with E-state index in [2.05, 4.69) is 5.32 Å². The Morgan fingerprint density at radius 2 is 1.61 bits per heavy atom. The highest BCUT2D eigenvalue weighted by atomic mass is 19.1. The smallest absolute Gasteiger partial charge is 0.242 e. The van der Waals surface area contributed by atoms with Crippen molar-refractivity contribution in [2.45, 2.75) is 84.3 Å². The van der Waals surface area contributed by atoms with Crippen LogP contribution in [-0.2, 0) is 22.6 Å². The maximum Gasteiger partial charge on any atom is 0.242 e. The SMILES string of the molecule is CCOc1ccc(CCC(=O)N(Cc2ccc(F)cc2)C(C)C(=O)NC2CCCCC2)cc1OCC. The molecule has 6 nitrogen and oxygen atoms in total. The van der Waals surface area contributed by atoms with E-state index in [-0.39, 0.29) is 36.6 Å². The first-order valence-electron chi connectivity index (χ1n) is 13.1. The van der Waals surface area contributed by atoms with Gasteiger partial charge in [0.25, 0.3) is 0 Å². The van der Waals surface area contributed by atoms with Gasteiger partial charge in [0.2, 0.25) is 11.8 Å². The number of hydrogen-bond donors (Lipinski definition) is 1. The highest BCUT2D eigenvalue weighted by molar-refractivity contribution is 5.87. The van der Waals surface area contributed by atoms with Gasteiger partial charge in [0.1, 0.15) is 11.9 Å². The van der Waals surface area contributed by atoms with Gasteiger partial charge in [-0.25, -0.2) is 4.39 Å². The van der Waals surface area contributed by atoms with Gasteiger partial charge in [0, 0.05) is 19.0 Å². The molecule has 2 aromatic rings. The van der Waals surface area contributed by atoms with Gasteiger partial charge in [-0.2, -0.15) is 0 Å². The number of hydrogen-bond acceptors (Lipinski definition) is 4. The lowest BCUT2D eigenvalue weighted by atomic mass is 9.95. The average molecular weight is 499 g/mol. The van der Waals surface area contributed by atoms with Crippen LogP contribution in [0.4, 0.5) is 4.39 Å². The molecule has 0 saturated heterocycles. The Balaban J connectivity index is 1.71. The minimum atomic E-state index is -0.635. The number of carbonyl (C=O) groups excluding carboxylic acids is 2. The van der Waals surface area contributed by atoms with Crippen LogP contribution >= 0.6 is 0 Å². The molecule has 7 heteroatoms. The predicted octanol–water partition coefficient (Wildman–Crippen LogP) is 5.42. The largest absolute Gasteiger partial charge is 0.490 e. The van der Waals surface area contributed by atoms with Crippen molar-refractivity contribution in [3.8, 4) is 11.5 Å². The van der Waals surface area contributed by atoms with Crippen LogP contribution < -0.4 is 14.8 Å². The van der Waals surface area contributed by atoms with Crippen molar-refractivity contribution in [1.29, 1.82) is 0 Å². The Labute approximate surface area is 214 Å². The van der Waals surface area contributed by atoms with Crippen molar-refractivity contribution in [1.82, 2.24) is 10.2 Å². The molecule has 2 aromatic carbocycles. The molecule has 0 spiro atoms. The van der Waals surface area contributed by atoms with E-state index in [0.717, 1.165) is 36.8 Å². The van der Waals surface area contributed by atoms with Crippen molar-refractivity contribution < 1.29 is 23.5 Å². The van der Waals surface area contributed by atoms with E-state index in [9.17, 15) is 14.0 Å². The molecule has 3 rings (SSSR count). The minimum Gasteiger partial charge on any atom is -0.490 e. The molecular formula is C29H39FN2O4.